The average Bonchev–Trinajstić information content (AvgIpc) is 2.38. The van der Waals surface area contributed by atoms with Crippen LogP contribution in [-0.2, 0) is 10.0 Å². The van der Waals surface area contributed by atoms with Crippen molar-refractivity contribution in [2.45, 2.75) is 17.9 Å². The maximum Gasteiger partial charge on any atom is 0.246 e. The van der Waals surface area contributed by atoms with Gasteiger partial charge in [0.15, 0.2) is 0 Å². The number of hydrogen-bond acceptors (Lipinski definition) is 4. The molecule has 1 aromatic rings. The first-order valence-corrected chi connectivity index (χ1v) is 7.36. The van der Waals surface area contributed by atoms with Crippen LogP contribution in [0.1, 0.15) is 6.92 Å². The van der Waals surface area contributed by atoms with Gasteiger partial charge in [0.1, 0.15) is 10.6 Å². The third-order valence-electron chi connectivity index (χ3n) is 3.02. The molecule has 1 aliphatic heterocycles. The maximum absolute atomic E-state index is 12.5. The standard InChI is InChI=1S/C12H18N2O3S.ClH/c1-10-9-14(8-7-13-10)18(15,16)12-6-4-3-5-11(12)17-2;/h3-6,10,13H,7-9H2,1-2H3;1H. The summed E-state index contributed by atoms with van der Waals surface area (Å²) in [5.41, 5.74) is 0. The number of halogens is 1. The molecule has 1 aliphatic rings. The van der Waals surface area contributed by atoms with Gasteiger partial charge in [0, 0.05) is 25.7 Å². The lowest BCUT2D eigenvalue weighted by atomic mass is 10.3. The highest BCUT2D eigenvalue weighted by Crippen LogP contribution is 2.26. The summed E-state index contributed by atoms with van der Waals surface area (Å²) in [7, 11) is -1.99. The van der Waals surface area contributed by atoms with Crippen LogP contribution < -0.4 is 10.1 Å². The number of para-hydroxylation sites is 1. The van der Waals surface area contributed by atoms with Crippen molar-refractivity contribution in [3.05, 3.63) is 24.3 Å². The molecule has 0 radical (unpaired) electrons. The van der Waals surface area contributed by atoms with Crippen LogP contribution in [0.5, 0.6) is 5.75 Å². The molecule has 0 amide bonds. The second-order valence-electron chi connectivity index (χ2n) is 4.37. The lowest BCUT2D eigenvalue weighted by molar-refractivity contribution is 0.308. The van der Waals surface area contributed by atoms with Gasteiger partial charge in [0.25, 0.3) is 0 Å². The van der Waals surface area contributed by atoms with E-state index >= 15 is 0 Å². The summed E-state index contributed by atoms with van der Waals surface area (Å²) in [6.45, 7) is 3.63. The minimum atomic E-state index is -3.47. The van der Waals surface area contributed by atoms with Crippen LogP contribution in [0.15, 0.2) is 29.2 Å². The van der Waals surface area contributed by atoms with Crippen molar-refractivity contribution in [3.8, 4) is 5.75 Å². The molecule has 1 fully saturated rings. The van der Waals surface area contributed by atoms with Crippen molar-refractivity contribution in [2.24, 2.45) is 0 Å². The van der Waals surface area contributed by atoms with Crippen LogP contribution in [0.2, 0.25) is 0 Å². The number of ether oxygens (including phenoxy) is 1. The number of rotatable bonds is 3. The zero-order valence-corrected chi connectivity index (χ0v) is 12.6. The highest BCUT2D eigenvalue weighted by atomic mass is 35.5. The number of hydrogen-bond donors (Lipinski definition) is 1. The molecular formula is C12H19ClN2O3S. The highest BCUT2D eigenvalue weighted by Gasteiger charge is 2.30. The van der Waals surface area contributed by atoms with Gasteiger partial charge in [-0.3, -0.25) is 0 Å². The Balaban J connectivity index is 0.00000180. The van der Waals surface area contributed by atoms with E-state index in [9.17, 15) is 8.42 Å². The van der Waals surface area contributed by atoms with E-state index in [0.29, 0.717) is 25.4 Å². The molecule has 1 saturated heterocycles. The molecule has 1 aromatic carbocycles. The lowest BCUT2D eigenvalue weighted by Gasteiger charge is -2.31. The van der Waals surface area contributed by atoms with Crippen LogP contribution in [0.4, 0.5) is 0 Å². The van der Waals surface area contributed by atoms with Gasteiger partial charge in [-0.05, 0) is 19.1 Å². The van der Waals surface area contributed by atoms with E-state index in [1.54, 1.807) is 24.3 Å². The Bertz CT molecular complexity index is 521. The molecule has 108 valence electrons. The predicted octanol–water partition coefficient (Wildman–Crippen LogP) is 1.10. The summed E-state index contributed by atoms with van der Waals surface area (Å²) in [6.07, 6.45) is 0. The minimum absolute atomic E-state index is 0. The first-order chi connectivity index (χ1) is 8.55. The highest BCUT2D eigenvalue weighted by molar-refractivity contribution is 7.89. The average molecular weight is 307 g/mol. The Kier molecular flexibility index (Phi) is 5.61. The van der Waals surface area contributed by atoms with Crippen LogP contribution >= 0.6 is 12.4 Å². The molecule has 0 aromatic heterocycles. The fourth-order valence-electron chi connectivity index (χ4n) is 2.09. The third kappa shape index (κ3) is 3.39. The Labute approximate surface area is 120 Å². The lowest BCUT2D eigenvalue weighted by Crippen LogP contribution is -2.51. The van der Waals surface area contributed by atoms with Gasteiger partial charge in [-0.15, -0.1) is 12.4 Å². The van der Waals surface area contributed by atoms with Crippen molar-refractivity contribution in [3.63, 3.8) is 0 Å². The molecule has 19 heavy (non-hydrogen) atoms. The summed E-state index contributed by atoms with van der Waals surface area (Å²) in [6, 6.07) is 6.89. The fourth-order valence-corrected chi connectivity index (χ4v) is 3.77. The van der Waals surface area contributed by atoms with Crippen molar-refractivity contribution in [2.75, 3.05) is 26.7 Å². The Morgan fingerprint density at radius 1 is 1.37 bits per heavy atom. The normalized spacial score (nSPS) is 20.6. The summed E-state index contributed by atoms with van der Waals surface area (Å²) in [4.78, 5) is 0.238. The molecule has 1 unspecified atom stereocenters. The Morgan fingerprint density at radius 2 is 2.05 bits per heavy atom. The van der Waals surface area contributed by atoms with E-state index in [2.05, 4.69) is 5.32 Å². The fraction of sp³-hybridized carbons (Fsp3) is 0.500. The first kappa shape index (κ1) is 16.2. The van der Waals surface area contributed by atoms with Crippen LogP contribution in [0.25, 0.3) is 0 Å². The van der Waals surface area contributed by atoms with Gasteiger partial charge in [0.05, 0.1) is 7.11 Å². The molecule has 5 nitrogen and oxygen atoms in total. The largest absolute Gasteiger partial charge is 0.495 e. The van der Waals surface area contributed by atoms with Crippen molar-refractivity contribution in [1.82, 2.24) is 9.62 Å². The minimum Gasteiger partial charge on any atom is -0.495 e. The molecule has 1 atom stereocenters. The van der Waals surface area contributed by atoms with E-state index in [-0.39, 0.29) is 23.3 Å². The molecule has 0 saturated carbocycles. The van der Waals surface area contributed by atoms with E-state index in [1.165, 1.54) is 11.4 Å². The van der Waals surface area contributed by atoms with E-state index in [4.69, 9.17) is 4.74 Å². The SMILES string of the molecule is COc1ccccc1S(=O)(=O)N1CCNC(C)C1.Cl. The van der Waals surface area contributed by atoms with Crippen molar-refractivity contribution >= 4 is 22.4 Å². The van der Waals surface area contributed by atoms with Crippen molar-refractivity contribution in [1.29, 1.82) is 0 Å². The zero-order chi connectivity index (χ0) is 13.2. The molecule has 0 bridgehead atoms. The monoisotopic (exact) mass is 306 g/mol. The molecule has 0 spiro atoms. The summed E-state index contributed by atoms with van der Waals surface area (Å²) in [5.74, 6) is 0.392. The van der Waals surface area contributed by atoms with Gasteiger partial charge < -0.3 is 10.1 Å². The van der Waals surface area contributed by atoms with Gasteiger partial charge in [-0.2, -0.15) is 4.31 Å². The van der Waals surface area contributed by atoms with Crippen molar-refractivity contribution < 1.29 is 13.2 Å². The smallest absolute Gasteiger partial charge is 0.246 e. The molecule has 7 heteroatoms. The molecule has 0 aliphatic carbocycles. The van der Waals surface area contributed by atoms with Crippen LogP contribution in [0.3, 0.4) is 0 Å². The van der Waals surface area contributed by atoms with E-state index in [0.717, 1.165) is 0 Å². The number of nitrogens with zero attached hydrogens (tertiary/aromatic N) is 1. The number of piperazine rings is 1. The molecule has 1 N–H and O–H groups in total. The molecule has 2 rings (SSSR count). The topological polar surface area (TPSA) is 58.6 Å². The second kappa shape index (κ2) is 6.56. The molecular weight excluding hydrogens is 288 g/mol. The van der Waals surface area contributed by atoms with Gasteiger partial charge in [-0.1, -0.05) is 12.1 Å². The van der Waals surface area contributed by atoms with Gasteiger partial charge >= 0.3 is 0 Å². The van der Waals surface area contributed by atoms with E-state index < -0.39 is 10.0 Å². The summed E-state index contributed by atoms with van der Waals surface area (Å²) < 4.78 is 31.7. The van der Waals surface area contributed by atoms with E-state index in [1.807, 2.05) is 6.92 Å². The maximum atomic E-state index is 12.5. The zero-order valence-electron chi connectivity index (χ0n) is 11.0. The van der Waals surface area contributed by atoms with Gasteiger partial charge in [-0.25, -0.2) is 8.42 Å². The Hall–Kier alpha value is -0.820. The number of sulfonamides is 1. The predicted molar refractivity (Wildman–Crippen MR) is 76.5 cm³/mol. The Morgan fingerprint density at radius 3 is 2.68 bits per heavy atom. The third-order valence-corrected chi connectivity index (χ3v) is 4.92. The second-order valence-corrected chi connectivity index (χ2v) is 6.28. The summed E-state index contributed by atoms with van der Waals surface area (Å²) >= 11 is 0. The van der Waals surface area contributed by atoms with Gasteiger partial charge in [0.2, 0.25) is 10.0 Å². The van der Waals surface area contributed by atoms with Crippen LogP contribution in [0, 0.1) is 0 Å². The summed E-state index contributed by atoms with van der Waals surface area (Å²) in [5, 5.41) is 3.23. The number of benzene rings is 1. The van der Waals surface area contributed by atoms with Crippen LogP contribution in [-0.4, -0.2) is 45.5 Å². The quantitative estimate of drug-likeness (QED) is 0.908. The molecule has 1 heterocycles. The number of methoxy groups -OCH3 is 1. The number of nitrogens with one attached hydrogen (secondary N) is 1. The first-order valence-electron chi connectivity index (χ1n) is 5.92.